The molecule has 7 saturated heterocycles. The van der Waals surface area contributed by atoms with Gasteiger partial charge in [0.05, 0.1) is 0 Å². The summed E-state index contributed by atoms with van der Waals surface area (Å²) in [6.45, 7) is 16.0. The van der Waals surface area contributed by atoms with E-state index < -0.39 is 12.7 Å². The molecule has 10 aliphatic heterocycles. The first-order chi connectivity index (χ1) is 20.7. The van der Waals surface area contributed by atoms with Gasteiger partial charge in [0.2, 0.25) is 0 Å². The summed E-state index contributed by atoms with van der Waals surface area (Å²) in [7, 11) is 2.76. The fourth-order valence-corrected chi connectivity index (χ4v) is 32.3. The molecule has 1 aromatic heterocycles. The Morgan fingerprint density at radius 1 is 0.791 bits per heavy atom. The van der Waals surface area contributed by atoms with Gasteiger partial charge < -0.3 is 0 Å². The van der Waals surface area contributed by atoms with Gasteiger partial charge in [-0.3, -0.25) is 0 Å². The summed E-state index contributed by atoms with van der Waals surface area (Å²) in [5.74, 6) is 0. The Labute approximate surface area is 256 Å². The molecule has 0 saturated carbocycles. The van der Waals surface area contributed by atoms with Crippen LogP contribution in [-0.2, 0) is 10.8 Å². The third kappa shape index (κ3) is 1.73. The zero-order valence-electron chi connectivity index (χ0n) is 24.9. The second-order valence-electron chi connectivity index (χ2n) is 16.9. The quantitative estimate of drug-likeness (QED) is 0.255. The van der Waals surface area contributed by atoms with E-state index in [-0.39, 0.29) is 10.8 Å². The van der Waals surface area contributed by atoms with Gasteiger partial charge >= 0.3 is 257 Å². The van der Waals surface area contributed by atoms with Crippen LogP contribution in [0, 0.1) is 0 Å². The van der Waals surface area contributed by atoms with Gasteiger partial charge in [-0.2, -0.15) is 0 Å². The Morgan fingerprint density at radius 2 is 1.49 bits per heavy atom. The standard InChI is InChI=1S/C30H24B9N2P2/c1-29(2)18-10-7-11-19-25(18)34-26-20(29)12-8-14-22(26)41-21-13-6-5-9-16(21)17-15-23(24(30(19,3)4)27(34)28(17)41)42(35-31-36(42)39(35)42)40-43-32-37(43)38(43)33-43/h5-15,40H,1-4H3/q-2. The van der Waals surface area contributed by atoms with Gasteiger partial charge in [-0.1, -0.05) is 0 Å². The second kappa shape index (κ2) is 5.55. The monoisotopic (exact) mass is 573 g/mol. The van der Waals surface area contributed by atoms with Crippen molar-refractivity contribution in [3.63, 3.8) is 0 Å². The SMILES string of the molecule is CC1(C)c2cccc3c2B2c4c1cccc4C(C)(C)c1c(P45(NP678[B]B6B7[B-]8)B6[B-]B4B65)cc4c5ccccc5n-3c4c12. The fraction of sp³-hybridized carbons (Fsp3) is 0.200. The Hall–Kier alpha value is -1.92. The predicted molar refractivity (Wildman–Crippen MR) is 199 cm³/mol. The van der Waals surface area contributed by atoms with Crippen LogP contribution in [0.3, 0.4) is 0 Å². The summed E-state index contributed by atoms with van der Waals surface area (Å²) in [5, 5.41) is 4.78. The van der Waals surface area contributed by atoms with Crippen LogP contribution in [0.5, 0.6) is 0 Å². The molecule has 1 N–H and O–H groups in total. The number of hydrogen-bond donors (Lipinski definition) is 1. The predicted octanol–water partition coefficient (Wildman–Crippen LogP) is 2.25. The van der Waals surface area contributed by atoms with Crippen LogP contribution in [0.25, 0.3) is 27.5 Å². The maximum absolute atomic E-state index is 4.84. The van der Waals surface area contributed by atoms with E-state index >= 15 is 0 Å². The van der Waals surface area contributed by atoms with Crippen LogP contribution < -0.4 is 26.6 Å². The van der Waals surface area contributed by atoms with Crippen molar-refractivity contribution in [2.24, 2.45) is 0 Å². The summed E-state index contributed by atoms with van der Waals surface area (Å²) in [6.07, 6.45) is 0.725. The molecular weight excluding hydrogens is 548 g/mol. The summed E-state index contributed by atoms with van der Waals surface area (Å²) >= 11 is 0. The number of aromatic nitrogens is 1. The summed E-state index contributed by atoms with van der Waals surface area (Å²) in [6, 6.07) is 26.7. The number of rotatable bonds is 3. The van der Waals surface area contributed by atoms with Crippen LogP contribution >= 0.6 is 12.7 Å². The molecule has 0 atom stereocenters. The molecule has 5 aromatic rings. The molecule has 43 heavy (non-hydrogen) atoms. The Bertz CT molecular complexity index is 2400. The molecule has 1 spiro atoms. The molecule has 15 rings (SSSR count). The summed E-state index contributed by atoms with van der Waals surface area (Å²) in [5.41, 5.74) is 15.5. The van der Waals surface area contributed by atoms with Crippen molar-refractivity contribution in [1.82, 2.24) is 9.42 Å². The van der Waals surface area contributed by atoms with Gasteiger partial charge in [0.25, 0.3) is 0 Å². The molecule has 5 radical (unpaired) electrons. The molecule has 11 heterocycles. The van der Waals surface area contributed by atoms with Crippen molar-refractivity contribution in [3.05, 3.63) is 89.0 Å². The Morgan fingerprint density at radius 3 is 2.16 bits per heavy atom. The minimum absolute atomic E-state index is 0.0362. The zero-order valence-corrected chi connectivity index (χ0v) is 26.7. The molecule has 10 aliphatic rings. The second-order valence-corrected chi connectivity index (χ2v) is 27.3. The van der Waals surface area contributed by atoms with Gasteiger partial charge in [0.1, 0.15) is 0 Å². The molecule has 0 amide bonds. The van der Waals surface area contributed by atoms with Gasteiger partial charge in [-0.15, -0.1) is 0 Å². The number of hydrogen-bond acceptors (Lipinski definition) is 1. The van der Waals surface area contributed by atoms with Crippen molar-refractivity contribution in [3.8, 4) is 5.69 Å². The van der Waals surface area contributed by atoms with E-state index in [9.17, 15) is 0 Å². The Balaban J connectivity index is 1.23. The van der Waals surface area contributed by atoms with Crippen LogP contribution in [0.15, 0.2) is 66.7 Å². The van der Waals surface area contributed by atoms with E-state index in [2.05, 4.69) is 120 Å². The molecule has 0 aliphatic carbocycles. The third-order valence-electron chi connectivity index (χ3n) is 15.1. The van der Waals surface area contributed by atoms with E-state index in [0.29, 0.717) is 6.71 Å². The number of nitrogens with zero attached hydrogens (tertiary/aromatic N) is 1. The number of nitrogens with one attached hydrogen (secondary N) is 1. The molecule has 193 valence electrons. The van der Waals surface area contributed by atoms with Gasteiger partial charge in [0, 0.05) is 0 Å². The summed E-state index contributed by atoms with van der Waals surface area (Å²) in [4.78, 5) is 4.84. The fourth-order valence-electron chi connectivity index (χ4n) is 12.7. The normalized spacial score (nSPS) is 28.7. The van der Waals surface area contributed by atoms with Crippen LogP contribution in [0.1, 0.15) is 49.9 Å². The Kier molecular flexibility index (Phi) is 2.91. The van der Waals surface area contributed by atoms with Gasteiger partial charge in [0.15, 0.2) is 0 Å². The van der Waals surface area contributed by atoms with Crippen molar-refractivity contribution in [2.75, 3.05) is 0 Å². The molecule has 0 unspecified atom stereocenters. The van der Waals surface area contributed by atoms with E-state index in [1.54, 1.807) is 33.1 Å². The van der Waals surface area contributed by atoms with Gasteiger partial charge in [-0.25, -0.2) is 0 Å². The van der Waals surface area contributed by atoms with Crippen molar-refractivity contribution in [1.29, 1.82) is 0 Å². The third-order valence-corrected chi connectivity index (χ3v) is 29.5. The van der Waals surface area contributed by atoms with Gasteiger partial charge in [-0.05, 0) is 0 Å². The van der Waals surface area contributed by atoms with E-state index in [4.69, 9.17) is 4.86 Å². The number of para-hydroxylation sites is 1. The van der Waals surface area contributed by atoms with Crippen molar-refractivity contribution < 1.29 is 0 Å². The van der Waals surface area contributed by atoms with Crippen molar-refractivity contribution in [2.45, 2.75) is 38.5 Å². The number of fused-ring (bicyclic) bond motifs is 5. The zero-order chi connectivity index (χ0) is 28.0. The first kappa shape index (κ1) is 22.6. The average molecular weight is 572 g/mol. The molecule has 7 fully saturated rings. The average Bonchev–Trinajstić information content (AvgIpc) is 3.94. The molecule has 2 nitrogen and oxygen atoms in total. The van der Waals surface area contributed by atoms with Crippen LogP contribution in [0.2, 0.25) is 0 Å². The first-order valence-electron chi connectivity index (χ1n) is 16.5. The molecule has 4 aromatic carbocycles. The van der Waals surface area contributed by atoms with E-state index in [0.717, 1.165) is 31.1 Å². The van der Waals surface area contributed by atoms with Crippen LogP contribution in [-0.4, -0.2) is 63.2 Å². The summed E-state index contributed by atoms with van der Waals surface area (Å²) < 4.78 is 2.69. The molecular formula is C30H24B9N2P2-2. The van der Waals surface area contributed by atoms with Crippen molar-refractivity contribution >= 4 is 115 Å². The van der Waals surface area contributed by atoms with E-state index in [1.807, 2.05) is 5.30 Å². The minimum atomic E-state index is -2.17. The maximum atomic E-state index is 4.84. The topological polar surface area (TPSA) is 17.0 Å². The molecule has 13 heteroatoms. The van der Waals surface area contributed by atoms with E-state index in [1.165, 1.54) is 33.1 Å². The van der Waals surface area contributed by atoms with Crippen LogP contribution in [0.4, 0.5) is 0 Å². The molecule has 2 bridgehead atoms. The first-order valence-corrected chi connectivity index (χ1v) is 21.4. The number of benzene rings is 4.